The first-order valence-electron chi connectivity index (χ1n) is 6.58. The SMILES string of the molecule is Cc1cc(C(=O)NCCN(C)C)c2cccc(N)c2n1. The molecule has 1 heterocycles. The molecule has 1 aromatic carbocycles. The monoisotopic (exact) mass is 272 g/mol. The largest absolute Gasteiger partial charge is 0.397 e. The van der Waals surface area contributed by atoms with Crippen molar-refractivity contribution in [2.24, 2.45) is 0 Å². The molecule has 0 bridgehead atoms. The van der Waals surface area contributed by atoms with Crippen LogP contribution >= 0.6 is 0 Å². The van der Waals surface area contributed by atoms with Crippen LogP contribution in [0.4, 0.5) is 5.69 Å². The Morgan fingerprint density at radius 2 is 2.15 bits per heavy atom. The van der Waals surface area contributed by atoms with Crippen LogP contribution in [0.25, 0.3) is 10.9 Å². The zero-order valence-corrected chi connectivity index (χ0v) is 12.1. The fourth-order valence-electron chi connectivity index (χ4n) is 2.07. The van der Waals surface area contributed by atoms with Gasteiger partial charge in [0.05, 0.1) is 16.8 Å². The van der Waals surface area contributed by atoms with E-state index in [1.165, 1.54) is 0 Å². The van der Waals surface area contributed by atoms with Crippen molar-refractivity contribution in [3.8, 4) is 0 Å². The number of benzene rings is 1. The molecule has 0 unspecified atom stereocenters. The van der Waals surface area contributed by atoms with Gasteiger partial charge in [0.1, 0.15) is 0 Å². The first kappa shape index (κ1) is 14.3. The first-order valence-corrected chi connectivity index (χ1v) is 6.58. The summed E-state index contributed by atoms with van der Waals surface area (Å²) in [5, 5.41) is 3.71. The van der Waals surface area contributed by atoms with E-state index in [0.717, 1.165) is 17.6 Å². The molecule has 5 nitrogen and oxygen atoms in total. The second-order valence-corrected chi connectivity index (χ2v) is 5.11. The lowest BCUT2D eigenvalue weighted by molar-refractivity contribution is 0.0952. The highest BCUT2D eigenvalue weighted by Crippen LogP contribution is 2.23. The second kappa shape index (κ2) is 5.88. The molecule has 0 radical (unpaired) electrons. The lowest BCUT2D eigenvalue weighted by Gasteiger charge is -2.12. The maximum absolute atomic E-state index is 12.3. The predicted octanol–water partition coefficient (Wildman–Crippen LogP) is 1.42. The molecular weight excluding hydrogens is 252 g/mol. The van der Waals surface area contributed by atoms with Crippen LogP contribution in [-0.4, -0.2) is 43.0 Å². The number of carbonyl (C=O) groups excluding carboxylic acids is 1. The molecule has 1 aromatic heterocycles. The molecule has 3 N–H and O–H groups in total. The van der Waals surface area contributed by atoms with Crippen LogP contribution < -0.4 is 11.1 Å². The van der Waals surface area contributed by atoms with Gasteiger partial charge in [0.2, 0.25) is 0 Å². The highest BCUT2D eigenvalue weighted by molar-refractivity contribution is 6.08. The molecule has 106 valence electrons. The number of nitrogens with two attached hydrogens (primary N) is 1. The van der Waals surface area contributed by atoms with Crippen molar-refractivity contribution in [2.45, 2.75) is 6.92 Å². The number of fused-ring (bicyclic) bond motifs is 1. The van der Waals surface area contributed by atoms with Crippen molar-refractivity contribution >= 4 is 22.5 Å². The topological polar surface area (TPSA) is 71.2 Å². The van der Waals surface area contributed by atoms with Gasteiger partial charge >= 0.3 is 0 Å². The van der Waals surface area contributed by atoms with Crippen LogP contribution in [0.3, 0.4) is 0 Å². The Hall–Kier alpha value is -2.14. The molecule has 0 saturated heterocycles. The van der Waals surface area contributed by atoms with E-state index in [4.69, 9.17) is 5.73 Å². The van der Waals surface area contributed by atoms with E-state index in [9.17, 15) is 4.79 Å². The molecule has 5 heteroatoms. The van der Waals surface area contributed by atoms with E-state index in [0.29, 0.717) is 23.3 Å². The van der Waals surface area contributed by atoms with Crippen molar-refractivity contribution < 1.29 is 4.79 Å². The molecule has 0 aliphatic heterocycles. The first-order chi connectivity index (χ1) is 9.49. The number of hydrogen-bond donors (Lipinski definition) is 2. The molecular formula is C15H20N4O. The van der Waals surface area contributed by atoms with Gasteiger partial charge in [0.25, 0.3) is 5.91 Å². The number of hydrogen-bond acceptors (Lipinski definition) is 4. The minimum atomic E-state index is -0.0899. The molecule has 0 aliphatic carbocycles. The summed E-state index contributed by atoms with van der Waals surface area (Å²) in [6, 6.07) is 7.31. The number of aromatic nitrogens is 1. The zero-order chi connectivity index (χ0) is 14.7. The molecule has 0 spiro atoms. The Balaban J connectivity index is 2.33. The lowest BCUT2D eigenvalue weighted by Crippen LogP contribution is -2.31. The number of amides is 1. The summed E-state index contributed by atoms with van der Waals surface area (Å²) >= 11 is 0. The molecule has 0 aliphatic rings. The lowest BCUT2D eigenvalue weighted by atomic mass is 10.1. The van der Waals surface area contributed by atoms with Crippen molar-refractivity contribution in [3.63, 3.8) is 0 Å². The van der Waals surface area contributed by atoms with Gasteiger partial charge in [-0.2, -0.15) is 0 Å². The number of para-hydroxylation sites is 1. The van der Waals surface area contributed by atoms with E-state index in [-0.39, 0.29) is 5.91 Å². The van der Waals surface area contributed by atoms with Gasteiger partial charge in [-0.05, 0) is 33.2 Å². The number of nitrogens with one attached hydrogen (secondary N) is 1. The van der Waals surface area contributed by atoms with Crippen LogP contribution in [0.1, 0.15) is 16.1 Å². The van der Waals surface area contributed by atoms with Gasteiger partial charge in [-0.15, -0.1) is 0 Å². The Morgan fingerprint density at radius 3 is 2.85 bits per heavy atom. The summed E-state index contributed by atoms with van der Waals surface area (Å²) in [4.78, 5) is 18.7. The third-order valence-electron chi connectivity index (χ3n) is 3.09. The fraction of sp³-hybridized carbons (Fsp3) is 0.333. The Kier molecular flexibility index (Phi) is 4.20. The number of anilines is 1. The van der Waals surface area contributed by atoms with Gasteiger partial charge in [0, 0.05) is 24.2 Å². The maximum Gasteiger partial charge on any atom is 0.252 e. The average molecular weight is 272 g/mol. The predicted molar refractivity (Wildman–Crippen MR) is 81.8 cm³/mol. The number of likely N-dealkylation sites (N-methyl/N-ethyl adjacent to an activating group) is 1. The Bertz CT molecular complexity index is 637. The van der Waals surface area contributed by atoms with E-state index in [1.54, 1.807) is 12.1 Å². The van der Waals surface area contributed by atoms with Crippen LogP contribution in [-0.2, 0) is 0 Å². The van der Waals surface area contributed by atoms with Crippen LogP contribution in [0.15, 0.2) is 24.3 Å². The van der Waals surface area contributed by atoms with E-state index < -0.39 is 0 Å². The van der Waals surface area contributed by atoms with Crippen LogP contribution in [0, 0.1) is 6.92 Å². The number of nitrogen functional groups attached to an aromatic ring is 1. The Morgan fingerprint density at radius 1 is 1.40 bits per heavy atom. The summed E-state index contributed by atoms with van der Waals surface area (Å²) < 4.78 is 0. The van der Waals surface area contributed by atoms with Crippen LogP contribution in [0.2, 0.25) is 0 Å². The molecule has 0 saturated carbocycles. The standard InChI is InChI=1S/C15H20N4O/c1-10-9-12(15(20)17-7-8-19(2)3)11-5-4-6-13(16)14(11)18-10/h4-6,9H,7-8,16H2,1-3H3,(H,17,20). The minimum absolute atomic E-state index is 0.0899. The highest BCUT2D eigenvalue weighted by atomic mass is 16.1. The molecule has 0 atom stereocenters. The van der Waals surface area contributed by atoms with Crippen molar-refractivity contribution in [1.82, 2.24) is 15.2 Å². The third-order valence-corrected chi connectivity index (χ3v) is 3.09. The normalized spacial score (nSPS) is 11.0. The maximum atomic E-state index is 12.3. The molecule has 0 fully saturated rings. The number of pyridine rings is 1. The number of nitrogens with zero attached hydrogens (tertiary/aromatic N) is 2. The summed E-state index contributed by atoms with van der Waals surface area (Å²) in [7, 11) is 3.94. The smallest absolute Gasteiger partial charge is 0.252 e. The summed E-state index contributed by atoms with van der Waals surface area (Å²) in [6.07, 6.45) is 0. The van der Waals surface area contributed by atoms with Crippen molar-refractivity contribution in [2.75, 3.05) is 32.9 Å². The third kappa shape index (κ3) is 3.05. The summed E-state index contributed by atoms with van der Waals surface area (Å²) in [5.74, 6) is -0.0899. The van der Waals surface area contributed by atoms with Crippen molar-refractivity contribution in [3.05, 3.63) is 35.5 Å². The fourth-order valence-corrected chi connectivity index (χ4v) is 2.07. The number of rotatable bonds is 4. The van der Waals surface area contributed by atoms with Gasteiger partial charge in [-0.25, -0.2) is 0 Å². The van der Waals surface area contributed by atoms with E-state index in [1.807, 2.05) is 38.1 Å². The summed E-state index contributed by atoms with van der Waals surface area (Å²) in [5.41, 5.74) is 8.62. The highest BCUT2D eigenvalue weighted by Gasteiger charge is 2.12. The molecule has 2 rings (SSSR count). The summed E-state index contributed by atoms with van der Waals surface area (Å²) in [6.45, 7) is 3.27. The van der Waals surface area contributed by atoms with E-state index in [2.05, 4.69) is 10.3 Å². The van der Waals surface area contributed by atoms with Gasteiger partial charge in [-0.3, -0.25) is 9.78 Å². The van der Waals surface area contributed by atoms with Gasteiger partial charge in [-0.1, -0.05) is 12.1 Å². The van der Waals surface area contributed by atoms with E-state index >= 15 is 0 Å². The number of aryl methyl sites for hydroxylation is 1. The number of carbonyl (C=O) groups is 1. The molecule has 1 amide bonds. The van der Waals surface area contributed by atoms with Gasteiger partial charge in [0.15, 0.2) is 0 Å². The molecule has 2 aromatic rings. The Labute approximate surface area is 118 Å². The van der Waals surface area contributed by atoms with Crippen molar-refractivity contribution in [1.29, 1.82) is 0 Å². The quantitative estimate of drug-likeness (QED) is 0.826. The molecule has 20 heavy (non-hydrogen) atoms. The van der Waals surface area contributed by atoms with Gasteiger partial charge < -0.3 is 16.0 Å². The van der Waals surface area contributed by atoms with Crippen LogP contribution in [0.5, 0.6) is 0 Å². The average Bonchev–Trinajstić information content (AvgIpc) is 2.38. The minimum Gasteiger partial charge on any atom is -0.397 e. The second-order valence-electron chi connectivity index (χ2n) is 5.11. The zero-order valence-electron chi connectivity index (χ0n) is 12.1.